The number of ether oxygens (including phenoxy) is 2. The van der Waals surface area contributed by atoms with Crippen LogP contribution in [0.15, 0.2) is 48.5 Å². The summed E-state index contributed by atoms with van der Waals surface area (Å²) >= 11 is 0. The van der Waals surface area contributed by atoms with Crippen molar-refractivity contribution in [3.8, 4) is 0 Å². The minimum absolute atomic E-state index is 0.00501. The maximum absolute atomic E-state index is 12.6. The van der Waals surface area contributed by atoms with Crippen LogP contribution in [0.3, 0.4) is 0 Å². The van der Waals surface area contributed by atoms with Gasteiger partial charge in [0.25, 0.3) is 17.7 Å². The van der Waals surface area contributed by atoms with Crippen molar-refractivity contribution < 1.29 is 28.7 Å². The summed E-state index contributed by atoms with van der Waals surface area (Å²) in [6.45, 7) is 9.22. The number of imide groups is 1. The zero-order valence-corrected chi connectivity index (χ0v) is 20.5. The molecule has 3 heterocycles. The van der Waals surface area contributed by atoms with E-state index in [1.165, 1.54) is 4.90 Å². The van der Waals surface area contributed by atoms with Crippen molar-refractivity contribution in [1.29, 1.82) is 0 Å². The van der Waals surface area contributed by atoms with Crippen LogP contribution in [0.25, 0.3) is 0 Å². The number of fused-ring (bicyclic) bond motifs is 1. The molecule has 0 bridgehead atoms. The largest absolute Gasteiger partial charge is 0.442 e. The molecule has 3 aliphatic rings. The molecule has 2 aromatic rings. The summed E-state index contributed by atoms with van der Waals surface area (Å²) in [5.74, 6) is -0.871. The highest BCUT2D eigenvalue weighted by Gasteiger charge is 2.40. The van der Waals surface area contributed by atoms with E-state index in [1.807, 2.05) is 27.7 Å². The molecule has 2 fully saturated rings. The van der Waals surface area contributed by atoms with Crippen LogP contribution in [0.5, 0.6) is 0 Å². The summed E-state index contributed by atoms with van der Waals surface area (Å²) < 4.78 is 10.6. The number of hydrogen-bond acceptors (Lipinski definition) is 6. The number of cyclic esters (lactones) is 1. The smallest absolute Gasteiger partial charge is 0.414 e. The molecule has 2 saturated heterocycles. The van der Waals surface area contributed by atoms with Crippen LogP contribution in [0.2, 0.25) is 0 Å². The van der Waals surface area contributed by atoms with E-state index in [1.54, 1.807) is 53.4 Å². The van der Waals surface area contributed by atoms with E-state index in [2.05, 4.69) is 0 Å². The first-order valence-electron chi connectivity index (χ1n) is 11.9. The fourth-order valence-electron chi connectivity index (χ4n) is 4.04. The summed E-state index contributed by atoms with van der Waals surface area (Å²) in [5.41, 5.74) is 2.07. The molecule has 1 atom stereocenters. The van der Waals surface area contributed by atoms with Crippen LogP contribution in [0, 0.1) is 0 Å². The van der Waals surface area contributed by atoms with E-state index in [4.69, 9.17) is 9.47 Å². The van der Waals surface area contributed by atoms with Gasteiger partial charge in [-0.05, 0) is 36.4 Å². The van der Waals surface area contributed by atoms with E-state index in [9.17, 15) is 19.2 Å². The zero-order valence-electron chi connectivity index (χ0n) is 20.5. The van der Waals surface area contributed by atoms with E-state index >= 15 is 0 Å². The van der Waals surface area contributed by atoms with Crippen molar-refractivity contribution in [3.05, 3.63) is 59.7 Å². The highest BCUT2D eigenvalue weighted by Crippen LogP contribution is 2.28. The Kier molecular flexibility index (Phi) is 8.59. The number of benzene rings is 2. The Morgan fingerprint density at radius 1 is 0.800 bits per heavy atom. The van der Waals surface area contributed by atoms with E-state index in [0.29, 0.717) is 30.0 Å². The van der Waals surface area contributed by atoms with Gasteiger partial charge in [0.05, 0.1) is 30.8 Å². The molecule has 5 rings (SSSR count). The van der Waals surface area contributed by atoms with Gasteiger partial charge in [-0.25, -0.2) is 4.79 Å². The predicted octanol–water partition coefficient (Wildman–Crippen LogP) is 3.72. The summed E-state index contributed by atoms with van der Waals surface area (Å²) in [5, 5.41) is 0. The van der Waals surface area contributed by atoms with Gasteiger partial charge in [-0.3, -0.25) is 24.2 Å². The molecule has 1 unspecified atom stereocenters. The molecule has 0 radical (unpaired) electrons. The fourth-order valence-corrected chi connectivity index (χ4v) is 4.04. The third-order valence-corrected chi connectivity index (χ3v) is 5.60. The lowest BCUT2D eigenvalue weighted by atomic mass is 10.1. The van der Waals surface area contributed by atoms with E-state index in [-0.39, 0.29) is 37.4 Å². The maximum atomic E-state index is 12.6. The number of anilines is 2. The molecule has 186 valence electrons. The van der Waals surface area contributed by atoms with Crippen molar-refractivity contribution in [1.82, 2.24) is 4.90 Å². The second-order valence-electron chi connectivity index (χ2n) is 7.50. The van der Waals surface area contributed by atoms with E-state index in [0.717, 1.165) is 10.6 Å². The Hall–Kier alpha value is -3.72. The van der Waals surface area contributed by atoms with Crippen LogP contribution in [0.1, 0.15) is 48.4 Å². The molecule has 35 heavy (non-hydrogen) atoms. The van der Waals surface area contributed by atoms with Crippen LogP contribution < -0.4 is 9.80 Å². The molecule has 0 aromatic heterocycles. The molecule has 0 spiro atoms. The van der Waals surface area contributed by atoms with E-state index < -0.39 is 12.2 Å². The lowest BCUT2D eigenvalue weighted by molar-refractivity contribution is -0.125. The lowest BCUT2D eigenvalue weighted by Crippen LogP contribution is -2.41. The topological polar surface area (TPSA) is 96.5 Å². The number of rotatable bonds is 4. The van der Waals surface area contributed by atoms with Crippen molar-refractivity contribution in [2.24, 2.45) is 0 Å². The lowest BCUT2D eigenvalue weighted by Gasteiger charge is -2.27. The number of nitrogens with zero attached hydrogens (tertiary/aromatic N) is 3. The van der Waals surface area contributed by atoms with Gasteiger partial charge in [0, 0.05) is 17.9 Å². The summed E-state index contributed by atoms with van der Waals surface area (Å²) in [6.07, 6.45) is -1.17. The van der Waals surface area contributed by atoms with Crippen LogP contribution >= 0.6 is 0 Å². The maximum Gasteiger partial charge on any atom is 0.414 e. The second-order valence-corrected chi connectivity index (χ2v) is 7.50. The Balaban J connectivity index is 0.000000815. The second kappa shape index (κ2) is 11.6. The average molecular weight is 482 g/mol. The van der Waals surface area contributed by atoms with Gasteiger partial charge in [-0.2, -0.15) is 0 Å². The fraction of sp³-hybridized carbons (Fsp3) is 0.385. The average Bonchev–Trinajstić information content (AvgIpc) is 3.39. The van der Waals surface area contributed by atoms with Gasteiger partial charge < -0.3 is 14.4 Å². The van der Waals surface area contributed by atoms with Gasteiger partial charge in [0.15, 0.2) is 0 Å². The minimum atomic E-state index is -0.629. The standard InChI is InChI=1S/C22H19N3O6.2C2H6/c26-19-13-30-10-9-23(19)14-5-7-15(8-6-14)24-11-16(31-22(24)29)12-25-20(27)17-3-1-2-4-18(17)21(25)28;2*1-2/h1-8,16H,9-13H2;2*1-2H3. The third kappa shape index (κ3) is 5.19. The molecule has 4 amide bonds. The Morgan fingerprint density at radius 2 is 1.34 bits per heavy atom. The molecular weight excluding hydrogens is 450 g/mol. The van der Waals surface area contributed by atoms with Crippen molar-refractivity contribution >= 4 is 35.2 Å². The van der Waals surface area contributed by atoms with Gasteiger partial charge in [-0.1, -0.05) is 39.8 Å². The normalized spacial score (nSPS) is 19.0. The number of carbonyl (C=O) groups excluding carboxylic acids is 4. The van der Waals surface area contributed by atoms with Crippen LogP contribution in [-0.4, -0.2) is 67.7 Å². The molecule has 9 nitrogen and oxygen atoms in total. The molecule has 3 aliphatic heterocycles. The van der Waals surface area contributed by atoms with Gasteiger partial charge >= 0.3 is 6.09 Å². The predicted molar refractivity (Wildman–Crippen MR) is 132 cm³/mol. The number of hydrogen-bond donors (Lipinski definition) is 0. The molecule has 0 N–H and O–H groups in total. The monoisotopic (exact) mass is 481 g/mol. The molecule has 0 saturated carbocycles. The van der Waals surface area contributed by atoms with Gasteiger partial charge in [0.2, 0.25) is 0 Å². The van der Waals surface area contributed by atoms with Crippen molar-refractivity contribution in [2.45, 2.75) is 33.8 Å². The summed E-state index contributed by atoms with van der Waals surface area (Å²) in [4.78, 5) is 53.7. The first kappa shape index (κ1) is 25.9. The number of carbonyl (C=O) groups is 4. The van der Waals surface area contributed by atoms with Crippen molar-refractivity contribution in [3.63, 3.8) is 0 Å². The van der Waals surface area contributed by atoms with Crippen LogP contribution in [0.4, 0.5) is 16.2 Å². The van der Waals surface area contributed by atoms with Crippen molar-refractivity contribution in [2.75, 3.05) is 42.6 Å². The molecule has 2 aromatic carbocycles. The highest BCUT2D eigenvalue weighted by atomic mass is 16.6. The molecule has 0 aliphatic carbocycles. The van der Waals surface area contributed by atoms with Gasteiger partial charge in [-0.15, -0.1) is 0 Å². The van der Waals surface area contributed by atoms with Crippen LogP contribution in [-0.2, 0) is 14.3 Å². The Bertz CT molecular complexity index is 1050. The minimum Gasteiger partial charge on any atom is -0.442 e. The summed E-state index contributed by atoms with van der Waals surface area (Å²) in [7, 11) is 0. The number of morpholine rings is 1. The Morgan fingerprint density at radius 3 is 1.89 bits per heavy atom. The third-order valence-electron chi connectivity index (χ3n) is 5.60. The first-order valence-corrected chi connectivity index (χ1v) is 11.9. The highest BCUT2D eigenvalue weighted by molar-refractivity contribution is 6.21. The molecule has 9 heteroatoms. The summed E-state index contributed by atoms with van der Waals surface area (Å²) in [6, 6.07) is 13.7. The van der Waals surface area contributed by atoms with Gasteiger partial charge in [0.1, 0.15) is 12.7 Å². The number of amides is 4. The Labute approximate surface area is 205 Å². The SMILES string of the molecule is CC.CC.O=C1c2ccccc2C(=O)N1CC1CN(c2ccc(N3CCOCC3=O)cc2)C(=O)O1. The molecular formula is C26H31N3O6. The first-order chi connectivity index (χ1) is 17.0. The zero-order chi connectivity index (χ0) is 25.5. The quantitative estimate of drug-likeness (QED) is 0.618.